The summed E-state index contributed by atoms with van der Waals surface area (Å²) in [6.07, 6.45) is -0.932. The zero-order valence-corrected chi connectivity index (χ0v) is 16.0. The van der Waals surface area contributed by atoms with Crippen LogP contribution in [0.2, 0.25) is 0 Å². The van der Waals surface area contributed by atoms with E-state index in [0.717, 1.165) is 23.0 Å². The highest BCUT2D eigenvalue weighted by Gasteiger charge is 2.31. The average Bonchev–Trinajstić information content (AvgIpc) is 2.66. The Hall–Kier alpha value is -3.47. The summed E-state index contributed by atoms with van der Waals surface area (Å²) in [5.74, 6) is 0. The van der Waals surface area contributed by atoms with Crippen molar-refractivity contribution in [2.75, 3.05) is 6.26 Å². The van der Waals surface area contributed by atoms with Crippen molar-refractivity contribution < 1.29 is 21.6 Å². The average molecular weight is 435 g/mol. The van der Waals surface area contributed by atoms with Gasteiger partial charge in [-0.25, -0.2) is 13.2 Å². The predicted molar refractivity (Wildman–Crippen MR) is 104 cm³/mol. The molecule has 2 aromatic carbocycles. The molecule has 0 saturated carbocycles. The molecule has 0 atom stereocenters. The van der Waals surface area contributed by atoms with Crippen LogP contribution in [0, 0.1) is 0 Å². The Labute approximate surface area is 166 Å². The first-order chi connectivity index (χ1) is 14.0. The smallest absolute Gasteiger partial charge is 0.273 e. The van der Waals surface area contributed by atoms with E-state index in [1.807, 2.05) is 4.98 Å². The maximum Gasteiger partial charge on any atom is 0.416 e. The van der Waals surface area contributed by atoms with Crippen LogP contribution in [0.5, 0.6) is 0 Å². The standard InChI is InChI=1S/C19H12F3N3O4S/c1-30(28,29)12-4-2-10-8-23-9-16(13(10)7-12)25-15-5-3-11(19(20,21)22)6-14(15)17(26)24-18(25)27/h2-9H,1H3,(H,24,26,27). The monoisotopic (exact) mass is 435 g/mol. The van der Waals surface area contributed by atoms with E-state index in [0.29, 0.717) is 16.8 Å². The number of pyridine rings is 1. The molecule has 1 N–H and O–H groups in total. The molecule has 0 unspecified atom stereocenters. The van der Waals surface area contributed by atoms with Crippen molar-refractivity contribution in [1.82, 2.24) is 14.5 Å². The van der Waals surface area contributed by atoms with Crippen molar-refractivity contribution in [1.29, 1.82) is 0 Å². The highest BCUT2D eigenvalue weighted by atomic mass is 32.2. The summed E-state index contributed by atoms with van der Waals surface area (Å²) in [6, 6.07) is 6.67. The second-order valence-corrected chi connectivity index (χ2v) is 8.65. The van der Waals surface area contributed by atoms with E-state index in [2.05, 4.69) is 4.98 Å². The van der Waals surface area contributed by atoms with Gasteiger partial charge in [0.1, 0.15) is 0 Å². The fourth-order valence-electron chi connectivity index (χ4n) is 3.19. The van der Waals surface area contributed by atoms with Gasteiger partial charge in [0.25, 0.3) is 5.56 Å². The number of aromatic nitrogens is 3. The van der Waals surface area contributed by atoms with Crippen LogP contribution < -0.4 is 11.2 Å². The molecule has 0 saturated heterocycles. The van der Waals surface area contributed by atoms with Crippen molar-refractivity contribution in [2.45, 2.75) is 11.1 Å². The number of benzene rings is 2. The largest absolute Gasteiger partial charge is 0.416 e. The number of H-pyrrole nitrogens is 1. The minimum Gasteiger partial charge on any atom is -0.273 e. The lowest BCUT2D eigenvalue weighted by Crippen LogP contribution is -2.29. The molecule has 0 amide bonds. The normalized spacial score (nSPS) is 12.5. The molecule has 4 rings (SSSR count). The van der Waals surface area contributed by atoms with E-state index < -0.39 is 32.8 Å². The Morgan fingerprint density at radius 2 is 1.73 bits per heavy atom. The number of sulfone groups is 1. The van der Waals surface area contributed by atoms with Crippen molar-refractivity contribution in [3.8, 4) is 5.69 Å². The van der Waals surface area contributed by atoms with E-state index in [1.54, 1.807) is 0 Å². The van der Waals surface area contributed by atoms with Crippen molar-refractivity contribution >= 4 is 31.5 Å². The second kappa shape index (κ2) is 6.52. The second-order valence-electron chi connectivity index (χ2n) is 6.64. The summed E-state index contributed by atoms with van der Waals surface area (Å²) < 4.78 is 64.1. The van der Waals surface area contributed by atoms with Crippen LogP contribution in [0.15, 0.2) is 63.3 Å². The van der Waals surface area contributed by atoms with Crippen molar-refractivity contribution in [2.24, 2.45) is 0 Å². The Morgan fingerprint density at radius 3 is 2.40 bits per heavy atom. The molecule has 0 bridgehead atoms. The molecule has 2 heterocycles. The molecule has 0 aliphatic carbocycles. The SMILES string of the molecule is CS(=O)(=O)c1ccc2cncc(-n3c(=O)[nH]c(=O)c4cc(C(F)(F)F)ccc43)c2c1. The molecule has 0 fully saturated rings. The topological polar surface area (TPSA) is 102 Å². The lowest BCUT2D eigenvalue weighted by Gasteiger charge is -2.14. The molecule has 0 spiro atoms. The molecule has 4 aromatic rings. The number of nitrogens with zero attached hydrogens (tertiary/aromatic N) is 2. The number of alkyl halides is 3. The summed E-state index contributed by atoms with van der Waals surface area (Å²) >= 11 is 0. The van der Waals surface area contributed by atoms with E-state index >= 15 is 0 Å². The van der Waals surface area contributed by atoms with Crippen LogP contribution in [0.25, 0.3) is 27.4 Å². The van der Waals surface area contributed by atoms with Gasteiger partial charge in [-0.05, 0) is 30.3 Å². The maximum absolute atomic E-state index is 13.1. The summed E-state index contributed by atoms with van der Waals surface area (Å²) in [7, 11) is -3.57. The lowest BCUT2D eigenvalue weighted by molar-refractivity contribution is -0.137. The summed E-state index contributed by atoms with van der Waals surface area (Å²) in [5.41, 5.74) is -2.87. The Balaban J connectivity index is 2.13. The number of rotatable bonds is 2. The van der Waals surface area contributed by atoms with Crippen LogP contribution >= 0.6 is 0 Å². The minimum atomic E-state index is -4.67. The van der Waals surface area contributed by atoms with E-state index in [4.69, 9.17) is 0 Å². The quantitative estimate of drug-likeness (QED) is 0.522. The summed E-state index contributed by atoms with van der Waals surface area (Å²) in [5, 5.41) is 0.474. The van der Waals surface area contributed by atoms with Crippen LogP contribution in [0.1, 0.15) is 5.56 Å². The van der Waals surface area contributed by atoms with E-state index in [-0.39, 0.29) is 21.5 Å². The van der Waals surface area contributed by atoms with Gasteiger partial charge < -0.3 is 0 Å². The number of fused-ring (bicyclic) bond motifs is 2. The van der Waals surface area contributed by atoms with Gasteiger partial charge in [-0.2, -0.15) is 13.2 Å². The summed E-state index contributed by atoms with van der Waals surface area (Å²) in [6.45, 7) is 0. The van der Waals surface area contributed by atoms with Crippen molar-refractivity contribution in [3.05, 3.63) is 75.2 Å². The predicted octanol–water partition coefficient (Wildman–Crippen LogP) is 2.65. The zero-order chi connectivity index (χ0) is 21.8. The number of aromatic amines is 1. The summed E-state index contributed by atoms with van der Waals surface area (Å²) in [4.78, 5) is 30.8. The molecular weight excluding hydrogens is 423 g/mol. The van der Waals surface area contributed by atoms with Gasteiger partial charge in [-0.1, -0.05) is 6.07 Å². The first-order valence-electron chi connectivity index (χ1n) is 8.41. The molecule has 7 nitrogen and oxygen atoms in total. The van der Waals surface area contributed by atoms with Crippen LogP contribution in [-0.4, -0.2) is 29.2 Å². The molecule has 0 aliphatic rings. The number of halogens is 3. The van der Waals surface area contributed by atoms with Gasteiger partial charge >= 0.3 is 11.9 Å². The first-order valence-corrected chi connectivity index (χ1v) is 10.3. The molecular formula is C19H12F3N3O4S. The zero-order valence-electron chi connectivity index (χ0n) is 15.2. The number of nitrogens with one attached hydrogen (secondary N) is 1. The van der Waals surface area contributed by atoms with Gasteiger partial charge in [0.15, 0.2) is 9.84 Å². The van der Waals surface area contributed by atoms with Gasteiger partial charge in [-0.3, -0.25) is 19.3 Å². The maximum atomic E-state index is 13.1. The third kappa shape index (κ3) is 3.26. The molecule has 2 aromatic heterocycles. The van der Waals surface area contributed by atoms with Crippen molar-refractivity contribution in [3.63, 3.8) is 0 Å². The van der Waals surface area contributed by atoms with E-state index in [9.17, 15) is 31.2 Å². The highest BCUT2D eigenvalue weighted by Crippen LogP contribution is 2.31. The Bertz CT molecular complexity index is 1550. The molecule has 0 radical (unpaired) electrons. The number of hydrogen-bond donors (Lipinski definition) is 1. The minimum absolute atomic E-state index is 0.0106. The number of hydrogen-bond acceptors (Lipinski definition) is 5. The Kier molecular flexibility index (Phi) is 4.31. The molecule has 11 heteroatoms. The molecule has 0 aliphatic heterocycles. The van der Waals surface area contributed by atoms with Gasteiger partial charge in [0.2, 0.25) is 0 Å². The van der Waals surface area contributed by atoms with Crippen LogP contribution in [0.3, 0.4) is 0 Å². The fourth-order valence-corrected chi connectivity index (χ4v) is 3.84. The first kappa shape index (κ1) is 19.8. The van der Waals surface area contributed by atoms with E-state index in [1.165, 1.54) is 30.6 Å². The van der Waals surface area contributed by atoms with Crippen LogP contribution in [-0.2, 0) is 16.0 Å². The lowest BCUT2D eigenvalue weighted by atomic mass is 10.1. The third-order valence-corrected chi connectivity index (χ3v) is 5.72. The molecule has 30 heavy (non-hydrogen) atoms. The van der Waals surface area contributed by atoms with Crippen LogP contribution in [0.4, 0.5) is 13.2 Å². The third-order valence-electron chi connectivity index (χ3n) is 4.61. The Morgan fingerprint density at radius 1 is 1.00 bits per heavy atom. The fraction of sp³-hybridized carbons (Fsp3) is 0.105. The highest BCUT2D eigenvalue weighted by molar-refractivity contribution is 7.90. The van der Waals surface area contributed by atoms with Gasteiger partial charge in [-0.15, -0.1) is 0 Å². The molecule has 154 valence electrons. The van der Waals surface area contributed by atoms with Gasteiger partial charge in [0, 0.05) is 23.2 Å². The van der Waals surface area contributed by atoms with Gasteiger partial charge in [0.05, 0.1) is 33.2 Å².